The lowest BCUT2D eigenvalue weighted by molar-refractivity contribution is -0.139. The third kappa shape index (κ3) is 8.30. The minimum Gasteiger partial charge on any atom is -0.465 e. The van der Waals surface area contributed by atoms with E-state index in [0.717, 1.165) is 88.7 Å². The Balaban J connectivity index is 1.08. The molecular weight excluding hydrogens is 725 g/mol. The van der Waals surface area contributed by atoms with Crippen LogP contribution in [0.1, 0.15) is 90.0 Å². The van der Waals surface area contributed by atoms with Crippen LogP contribution in [0.4, 0.5) is 9.59 Å². The molecule has 3 aromatic carbocycles. The molecule has 0 aliphatic carbocycles. The molecular formula is C43H52N8O6. The second-order valence-electron chi connectivity index (χ2n) is 15.9. The van der Waals surface area contributed by atoms with Gasteiger partial charge in [0.2, 0.25) is 11.8 Å². The molecule has 4 atom stereocenters. The zero-order valence-electron chi connectivity index (χ0n) is 33.2. The van der Waals surface area contributed by atoms with Gasteiger partial charge in [0.25, 0.3) is 0 Å². The van der Waals surface area contributed by atoms with E-state index in [0.29, 0.717) is 18.9 Å². The molecule has 0 radical (unpaired) electrons. The molecule has 300 valence electrons. The van der Waals surface area contributed by atoms with E-state index in [9.17, 15) is 24.3 Å². The fourth-order valence-electron chi connectivity index (χ4n) is 8.25. The number of imidazole rings is 2. The topological polar surface area (TPSA) is 186 Å². The first-order valence-electron chi connectivity index (χ1n) is 20.0. The van der Waals surface area contributed by atoms with Gasteiger partial charge < -0.3 is 40.2 Å². The first-order chi connectivity index (χ1) is 27.4. The molecule has 57 heavy (non-hydrogen) atoms. The second kappa shape index (κ2) is 16.7. The van der Waals surface area contributed by atoms with Crippen LogP contribution in [0.2, 0.25) is 0 Å². The van der Waals surface area contributed by atoms with Crippen molar-refractivity contribution >= 4 is 46.1 Å². The standard InChI is InChI=1S/C43H52N8O6/c1-24(2)36(48-42(54)55)40(52)50-20-8-6-10-34(50)38-44-30-18-16-28(22-32(30)46-38)26-12-14-27(15-13-26)29-17-19-31-33(23-29)47-39(45-31)35-11-7-9-21-51(35)41(53)37(25(3)4)49-43(56)57-5/h12-19,22-25,34-37,48H,6-11,20-21H2,1-5H3,(H,44,46)(H,45,47)(H,49,56)(H,54,55)/t34-,35?,36-,37-/m0/s1. The molecule has 7 rings (SSSR count). The normalized spacial score (nSPS) is 18.5. The number of carbonyl (C=O) groups excluding carboxylic acids is 3. The summed E-state index contributed by atoms with van der Waals surface area (Å²) in [5, 5.41) is 14.5. The summed E-state index contributed by atoms with van der Waals surface area (Å²) in [4.78, 5) is 71.3. The van der Waals surface area contributed by atoms with E-state index in [1.807, 2.05) is 50.8 Å². The average molecular weight is 777 g/mol. The highest BCUT2D eigenvalue weighted by atomic mass is 16.5. The number of rotatable bonds is 10. The van der Waals surface area contributed by atoms with Crippen molar-refractivity contribution in [2.24, 2.45) is 11.8 Å². The number of aromatic nitrogens is 4. The molecule has 0 saturated carbocycles. The van der Waals surface area contributed by atoms with E-state index in [1.54, 1.807) is 4.90 Å². The first kappa shape index (κ1) is 39.3. The molecule has 1 unspecified atom stereocenters. The van der Waals surface area contributed by atoms with Crippen molar-refractivity contribution in [2.45, 2.75) is 90.4 Å². The molecule has 5 aromatic rings. The summed E-state index contributed by atoms with van der Waals surface area (Å²) in [5.74, 6) is 0.778. The predicted octanol–water partition coefficient (Wildman–Crippen LogP) is 7.55. The summed E-state index contributed by atoms with van der Waals surface area (Å²) in [5.41, 5.74) is 7.51. The Hall–Kier alpha value is -5.92. The maximum atomic E-state index is 13.8. The summed E-state index contributed by atoms with van der Waals surface area (Å²) in [6.45, 7) is 8.64. The van der Waals surface area contributed by atoms with Crippen LogP contribution >= 0.6 is 0 Å². The maximum Gasteiger partial charge on any atom is 0.407 e. The monoisotopic (exact) mass is 776 g/mol. The molecule has 4 amide bonds. The van der Waals surface area contributed by atoms with Crippen molar-refractivity contribution in [1.82, 2.24) is 40.4 Å². The van der Waals surface area contributed by atoms with E-state index >= 15 is 0 Å². The Bertz CT molecular complexity index is 2260. The number of hydrogen-bond donors (Lipinski definition) is 5. The van der Waals surface area contributed by atoms with E-state index in [4.69, 9.17) is 14.7 Å². The van der Waals surface area contributed by atoms with Gasteiger partial charge in [-0.15, -0.1) is 0 Å². The van der Waals surface area contributed by atoms with Crippen LogP contribution in [0.3, 0.4) is 0 Å². The number of carbonyl (C=O) groups is 4. The van der Waals surface area contributed by atoms with Gasteiger partial charge in [-0.25, -0.2) is 19.6 Å². The lowest BCUT2D eigenvalue weighted by Gasteiger charge is -2.37. The number of methoxy groups -OCH3 is 1. The van der Waals surface area contributed by atoms with Crippen LogP contribution in [0.15, 0.2) is 60.7 Å². The first-order valence-corrected chi connectivity index (χ1v) is 20.0. The Morgan fingerprint density at radius 3 is 1.49 bits per heavy atom. The molecule has 4 heterocycles. The van der Waals surface area contributed by atoms with Crippen LogP contribution in [-0.2, 0) is 14.3 Å². The van der Waals surface area contributed by atoms with Crippen molar-refractivity contribution in [3.8, 4) is 22.3 Å². The third-order valence-electron chi connectivity index (χ3n) is 11.4. The highest BCUT2D eigenvalue weighted by Crippen LogP contribution is 2.35. The van der Waals surface area contributed by atoms with E-state index in [-0.39, 0.29) is 35.7 Å². The smallest absolute Gasteiger partial charge is 0.407 e. The second-order valence-corrected chi connectivity index (χ2v) is 15.9. The molecule has 14 heteroatoms. The van der Waals surface area contributed by atoms with Crippen molar-refractivity contribution in [3.05, 3.63) is 72.3 Å². The van der Waals surface area contributed by atoms with Crippen LogP contribution < -0.4 is 10.6 Å². The van der Waals surface area contributed by atoms with Gasteiger partial charge in [0, 0.05) is 13.1 Å². The van der Waals surface area contributed by atoms with Gasteiger partial charge in [-0.1, -0.05) is 64.1 Å². The molecule has 14 nitrogen and oxygen atoms in total. The minimum absolute atomic E-state index is 0.115. The number of alkyl carbamates (subject to hydrolysis) is 1. The van der Waals surface area contributed by atoms with Gasteiger partial charge in [0.1, 0.15) is 23.7 Å². The van der Waals surface area contributed by atoms with Crippen LogP contribution in [-0.4, -0.2) is 91.1 Å². The summed E-state index contributed by atoms with van der Waals surface area (Å²) in [7, 11) is 1.29. The number of piperidine rings is 2. The van der Waals surface area contributed by atoms with Crippen molar-refractivity contribution in [1.29, 1.82) is 0 Å². The fourth-order valence-corrected chi connectivity index (χ4v) is 8.25. The van der Waals surface area contributed by atoms with Gasteiger partial charge in [-0.2, -0.15) is 0 Å². The zero-order valence-corrected chi connectivity index (χ0v) is 33.2. The van der Waals surface area contributed by atoms with Gasteiger partial charge in [0.15, 0.2) is 0 Å². The number of amides is 4. The highest BCUT2D eigenvalue weighted by molar-refractivity contribution is 5.88. The Morgan fingerprint density at radius 2 is 1.09 bits per heavy atom. The number of benzene rings is 3. The molecule has 0 spiro atoms. The number of nitrogens with one attached hydrogen (secondary N) is 4. The lowest BCUT2D eigenvalue weighted by atomic mass is 9.97. The number of hydrogen-bond acceptors (Lipinski definition) is 7. The molecule has 2 saturated heterocycles. The minimum atomic E-state index is -1.21. The number of aromatic amines is 2. The van der Waals surface area contributed by atoms with Gasteiger partial charge in [0.05, 0.1) is 41.3 Å². The quantitative estimate of drug-likeness (QED) is 0.0962. The summed E-state index contributed by atoms with van der Waals surface area (Å²) in [6, 6.07) is 18.6. The van der Waals surface area contributed by atoms with E-state index in [2.05, 4.69) is 63.1 Å². The van der Waals surface area contributed by atoms with Gasteiger partial charge in [-0.05, 0) is 96.9 Å². The summed E-state index contributed by atoms with van der Waals surface area (Å²) < 4.78 is 4.79. The van der Waals surface area contributed by atoms with Crippen molar-refractivity contribution in [2.75, 3.05) is 20.2 Å². The Morgan fingerprint density at radius 1 is 0.667 bits per heavy atom. The lowest BCUT2D eigenvalue weighted by Crippen LogP contribution is -2.53. The highest BCUT2D eigenvalue weighted by Gasteiger charge is 2.37. The number of likely N-dealkylation sites (tertiary alicyclic amines) is 2. The van der Waals surface area contributed by atoms with Gasteiger partial charge >= 0.3 is 12.2 Å². The van der Waals surface area contributed by atoms with E-state index < -0.39 is 24.3 Å². The fraction of sp³-hybridized carbons (Fsp3) is 0.442. The maximum absolute atomic E-state index is 13.8. The largest absolute Gasteiger partial charge is 0.465 e. The van der Waals surface area contributed by atoms with Crippen LogP contribution in [0, 0.1) is 11.8 Å². The van der Waals surface area contributed by atoms with Crippen molar-refractivity contribution < 1.29 is 29.0 Å². The Kier molecular flexibility index (Phi) is 11.5. The molecule has 5 N–H and O–H groups in total. The molecule has 2 aromatic heterocycles. The van der Waals surface area contributed by atoms with E-state index in [1.165, 1.54) is 7.11 Å². The Labute approximate surface area is 331 Å². The molecule has 2 aliphatic heterocycles. The van der Waals surface area contributed by atoms with Crippen LogP contribution in [0.5, 0.6) is 0 Å². The van der Waals surface area contributed by atoms with Crippen molar-refractivity contribution in [3.63, 3.8) is 0 Å². The summed E-state index contributed by atoms with van der Waals surface area (Å²) in [6.07, 6.45) is 3.36. The molecule has 2 aliphatic rings. The number of nitrogens with zero attached hydrogens (tertiary/aromatic N) is 4. The SMILES string of the molecule is COC(=O)N[C@H](C(=O)N1CCCCC1c1nc2ccc(-c3ccc(-c4ccc5nc([C@@H]6CCCCN6C(=O)[C@@H](NC(=O)O)C(C)C)[nH]c5c4)cc3)cc2[nH]1)C(C)C. The number of ether oxygens (including phenoxy) is 1. The third-order valence-corrected chi connectivity index (χ3v) is 11.4. The average Bonchev–Trinajstić information content (AvgIpc) is 3.85. The summed E-state index contributed by atoms with van der Waals surface area (Å²) >= 11 is 0. The number of carboxylic acid groups (broad SMARTS) is 1. The number of fused-ring (bicyclic) bond motifs is 2. The molecule has 2 fully saturated rings. The predicted molar refractivity (Wildman–Crippen MR) is 217 cm³/mol. The number of H-pyrrole nitrogens is 2. The van der Waals surface area contributed by atoms with Crippen LogP contribution in [0.25, 0.3) is 44.3 Å². The zero-order chi connectivity index (χ0) is 40.4. The molecule has 0 bridgehead atoms. The van der Waals surface area contributed by atoms with Gasteiger partial charge in [-0.3, -0.25) is 9.59 Å².